The molecule has 0 radical (unpaired) electrons. The van der Waals surface area contributed by atoms with E-state index in [1.807, 2.05) is 30.3 Å². The fourth-order valence-corrected chi connectivity index (χ4v) is 6.31. The van der Waals surface area contributed by atoms with Gasteiger partial charge in [-0.2, -0.15) is 4.37 Å². The van der Waals surface area contributed by atoms with E-state index >= 15 is 0 Å². The molecule has 1 aromatic carbocycles. The van der Waals surface area contributed by atoms with Crippen molar-refractivity contribution < 1.29 is 19.4 Å². The summed E-state index contributed by atoms with van der Waals surface area (Å²) in [5.41, 5.74) is 0.800. The molecule has 1 atom stereocenters. The van der Waals surface area contributed by atoms with Gasteiger partial charge in [0.25, 0.3) is 0 Å². The first kappa shape index (κ1) is 22.7. The normalized spacial score (nSPS) is 14.8. The van der Waals surface area contributed by atoms with Gasteiger partial charge in [0, 0.05) is 0 Å². The maximum atomic E-state index is 12.4. The Kier molecular flexibility index (Phi) is 5.99. The molecule has 12 heteroatoms. The maximum absolute atomic E-state index is 12.4. The molecule has 3 aromatic heterocycles. The number of thiazole rings is 2. The van der Waals surface area contributed by atoms with Crippen LogP contribution >= 0.6 is 45.8 Å². The number of amides is 1. The van der Waals surface area contributed by atoms with Gasteiger partial charge < -0.3 is 9.84 Å². The SMILES string of the molecule is CC(OC(=O)Nc1c(Cl)nsc1C#Cc1nc2nc(C3(C(=O)O)CC3)sc2s1)c1ccccc1. The average molecular weight is 531 g/mol. The summed E-state index contributed by atoms with van der Waals surface area (Å²) in [4.78, 5) is 33.2. The third kappa shape index (κ3) is 4.37. The molecule has 8 nitrogen and oxygen atoms in total. The highest BCUT2D eigenvalue weighted by molar-refractivity contribution is 7.38. The molecule has 3 heterocycles. The first-order chi connectivity index (χ1) is 16.4. The van der Waals surface area contributed by atoms with Gasteiger partial charge in [0.1, 0.15) is 31.1 Å². The Bertz CT molecular complexity index is 1430. The van der Waals surface area contributed by atoms with Crippen LogP contribution in [0, 0.1) is 11.8 Å². The Labute approximate surface area is 210 Å². The molecule has 5 rings (SSSR count). The number of aromatic nitrogens is 3. The fraction of sp³-hybridized carbons (Fsp3) is 0.227. The smallest absolute Gasteiger partial charge is 0.412 e. The third-order valence-corrected chi connectivity index (χ3v) is 8.69. The summed E-state index contributed by atoms with van der Waals surface area (Å²) in [5.74, 6) is 5.06. The zero-order valence-electron chi connectivity index (χ0n) is 17.5. The highest BCUT2D eigenvalue weighted by Gasteiger charge is 2.54. The largest absolute Gasteiger partial charge is 0.481 e. The zero-order chi connectivity index (χ0) is 23.9. The molecule has 0 aliphatic heterocycles. The van der Waals surface area contributed by atoms with Crippen LogP contribution in [0.3, 0.4) is 0 Å². The van der Waals surface area contributed by atoms with Gasteiger partial charge in [0.05, 0.1) is 0 Å². The Balaban J connectivity index is 1.30. The highest BCUT2D eigenvalue weighted by atomic mass is 35.5. The number of hydrogen-bond donors (Lipinski definition) is 2. The topological polar surface area (TPSA) is 114 Å². The lowest BCUT2D eigenvalue weighted by Gasteiger charge is -2.13. The van der Waals surface area contributed by atoms with Crippen molar-refractivity contribution in [2.24, 2.45) is 0 Å². The number of fused-ring (bicyclic) bond motifs is 1. The number of carboxylic acid groups (broad SMARTS) is 1. The lowest BCUT2D eigenvalue weighted by molar-refractivity contribution is -0.140. The standard InChI is InChI=1S/C22H15ClN4O4S3/c1-11(12-5-3-2-4-6-12)31-21(30)25-15-13(34-27-16(15)23)7-8-14-24-17-18(32-14)33-19(26-17)22(9-10-22)20(28)29/h2-6,11H,9-10H2,1H3,(H,25,30)(H,28,29). The van der Waals surface area contributed by atoms with Crippen LogP contribution in [0.2, 0.25) is 5.15 Å². The number of rotatable bonds is 5. The Morgan fingerprint density at radius 3 is 2.65 bits per heavy atom. The third-order valence-electron chi connectivity index (χ3n) is 5.26. The molecule has 1 fully saturated rings. The summed E-state index contributed by atoms with van der Waals surface area (Å²) < 4.78 is 10.3. The summed E-state index contributed by atoms with van der Waals surface area (Å²) in [6.45, 7) is 1.78. The van der Waals surface area contributed by atoms with E-state index in [4.69, 9.17) is 16.3 Å². The Morgan fingerprint density at radius 1 is 1.21 bits per heavy atom. The lowest BCUT2D eigenvalue weighted by Crippen LogP contribution is -2.18. The molecule has 0 bridgehead atoms. The number of benzene rings is 1. The predicted molar refractivity (Wildman–Crippen MR) is 132 cm³/mol. The molecular weight excluding hydrogens is 516 g/mol. The van der Waals surface area contributed by atoms with Gasteiger partial charge in [0.2, 0.25) is 0 Å². The summed E-state index contributed by atoms with van der Waals surface area (Å²) in [6, 6.07) is 9.37. The highest BCUT2D eigenvalue weighted by Crippen LogP contribution is 2.51. The lowest BCUT2D eigenvalue weighted by atomic mass is 10.1. The molecule has 1 amide bonds. The molecule has 0 saturated heterocycles. The fourth-order valence-electron chi connectivity index (χ4n) is 3.20. The van der Waals surface area contributed by atoms with Crippen LogP contribution in [0.15, 0.2) is 30.3 Å². The van der Waals surface area contributed by atoms with Gasteiger partial charge in [-0.3, -0.25) is 10.1 Å². The number of hydrogen-bond acceptors (Lipinski definition) is 9. The number of ether oxygens (including phenoxy) is 1. The van der Waals surface area contributed by atoms with Crippen molar-refractivity contribution >= 4 is 73.2 Å². The van der Waals surface area contributed by atoms with E-state index < -0.39 is 23.6 Å². The van der Waals surface area contributed by atoms with Gasteiger partial charge >= 0.3 is 12.1 Å². The summed E-state index contributed by atoms with van der Waals surface area (Å²) in [6.07, 6.45) is 0.0900. The molecule has 34 heavy (non-hydrogen) atoms. The number of aliphatic carboxylic acids is 1. The number of carboxylic acids is 1. The molecule has 1 unspecified atom stereocenters. The second-order valence-corrected chi connectivity index (χ2v) is 10.9. The van der Waals surface area contributed by atoms with Gasteiger partial charge in [-0.15, -0.1) is 11.3 Å². The summed E-state index contributed by atoms with van der Waals surface area (Å²) in [5, 5.41) is 13.3. The van der Waals surface area contributed by atoms with Crippen LogP contribution in [-0.4, -0.2) is 31.5 Å². The zero-order valence-corrected chi connectivity index (χ0v) is 20.7. The van der Waals surface area contributed by atoms with Crippen molar-refractivity contribution in [2.45, 2.75) is 31.3 Å². The van der Waals surface area contributed by atoms with Crippen LogP contribution in [0.5, 0.6) is 0 Å². The number of anilines is 1. The quantitative estimate of drug-likeness (QED) is 0.318. The Morgan fingerprint density at radius 2 is 1.97 bits per heavy atom. The molecule has 1 aliphatic rings. The molecule has 4 aromatic rings. The van der Waals surface area contributed by atoms with E-state index in [1.165, 1.54) is 22.7 Å². The van der Waals surface area contributed by atoms with Gasteiger partial charge in [-0.25, -0.2) is 14.8 Å². The minimum atomic E-state index is -0.844. The number of nitrogens with one attached hydrogen (secondary N) is 1. The van der Waals surface area contributed by atoms with Crippen molar-refractivity contribution in [2.75, 3.05) is 5.32 Å². The van der Waals surface area contributed by atoms with E-state index in [-0.39, 0.29) is 10.8 Å². The van der Waals surface area contributed by atoms with Crippen molar-refractivity contribution in [3.8, 4) is 11.8 Å². The number of nitrogens with zero attached hydrogens (tertiary/aromatic N) is 3. The second-order valence-electron chi connectivity index (χ2n) is 7.55. The van der Waals surface area contributed by atoms with Crippen LogP contribution in [0.25, 0.3) is 9.66 Å². The minimum absolute atomic E-state index is 0.119. The van der Waals surface area contributed by atoms with Crippen LogP contribution < -0.4 is 5.32 Å². The molecule has 0 spiro atoms. The first-order valence-electron chi connectivity index (χ1n) is 10.1. The minimum Gasteiger partial charge on any atom is -0.481 e. The summed E-state index contributed by atoms with van der Waals surface area (Å²) >= 11 is 9.90. The van der Waals surface area contributed by atoms with Crippen molar-refractivity contribution in [3.05, 3.63) is 55.9 Å². The average Bonchev–Trinajstić information content (AvgIpc) is 3.26. The van der Waals surface area contributed by atoms with Gasteiger partial charge in [0.15, 0.2) is 15.8 Å². The molecule has 1 aliphatic carbocycles. The molecule has 172 valence electrons. The van der Waals surface area contributed by atoms with Crippen molar-refractivity contribution in [1.29, 1.82) is 0 Å². The van der Waals surface area contributed by atoms with Gasteiger partial charge in [-0.1, -0.05) is 53.3 Å². The van der Waals surface area contributed by atoms with Gasteiger partial charge in [-0.05, 0) is 48.7 Å². The summed E-state index contributed by atoms with van der Waals surface area (Å²) in [7, 11) is 0. The van der Waals surface area contributed by atoms with E-state index in [0.29, 0.717) is 33.4 Å². The number of carbonyl (C=O) groups excluding carboxylic acids is 1. The first-order valence-corrected chi connectivity index (χ1v) is 12.9. The Hall–Kier alpha value is -3.04. The van der Waals surface area contributed by atoms with Crippen LogP contribution in [-0.2, 0) is 14.9 Å². The van der Waals surface area contributed by atoms with Crippen LogP contribution in [0.1, 0.15) is 46.3 Å². The monoisotopic (exact) mass is 530 g/mol. The molecule has 2 N–H and O–H groups in total. The van der Waals surface area contributed by atoms with E-state index in [0.717, 1.165) is 21.1 Å². The van der Waals surface area contributed by atoms with E-state index in [1.54, 1.807) is 6.92 Å². The van der Waals surface area contributed by atoms with Crippen molar-refractivity contribution in [1.82, 2.24) is 14.3 Å². The van der Waals surface area contributed by atoms with E-state index in [2.05, 4.69) is 31.5 Å². The second kappa shape index (κ2) is 8.96. The number of halogens is 1. The molecular formula is C22H15ClN4O4S3. The molecule has 1 saturated carbocycles. The predicted octanol–water partition coefficient (Wildman–Crippen LogP) is 5.69. The van der Waals surface area contributed by atoms with E-state index in [9.17, 15) is 14.7 Å². The van der Waals surface area contributed by atoms with Crippen LogP contribution in [0.4, 0.5) is 10.5 Å². The number of carbonyl (C=O) groups is 2. The van der Waals surface area contributed by atoms with Crippen molar-refractivity contribution in [3.63, 3.8) is 0 Å². The maximum Gasteiger partial charge on any atom is 0.412 e.